The van der Waals surface area contributed by atoms with Crippen molar-refractivity contribution in [3.8, 4) is 0 Å². The molecule has 4 unspecified atom stereocenters. The van der Waals surface area contributed by atoms with Crippen LogP contribution in [0.3, 0.4) is 0 Å². The standard InChI is InChI=1S/C17H35NO/c1-7-14(4)8-9-15(5)19-16(6)10-11-17(12-18)13(2)3/h7,13-17H,1,8-12,18H2,2-6H3. The quantitative estimate of drug-likeness (QED) is 0.564. The van der Waals surface area contributed by atoms with Gasteiger partial charge in [0.2, 0.25) is 0 Å². The molecule has 0 aromatic rings. The predicted octanol–water partition coefficient (Wildman–Crippen LogP) is 4.39. The van der Waals surface area contributed by atoms with Gasteiger partial charge in [0, 0.05) is 0 Å². The molecule has 2 N–H and O–H groups in total. The van der Waals surface area contributed by atoms with Gasteiger partial charge in [-0.25, -0.2) is 0 Å². The second kappa shape index (κ2) is 10.4. The summed E-state index contributed by atoms with van der Waals surface area (Å²) in [7, 11) is 0. The summed E-state index contributed by atoms with van der Waals surface area (Å²) in [5, 5.41) is 0. The number of hydrogen-bond acceptors (Lipinski definition) is 2. The van der Waals surface area contributed by atoms with E-state index in [-0.39, 0.29) is 0 Å². The van der Waals surface area contributed by atoms with Gasteiger partial charge in [0.25, 0.3) is 0 Å². The lowest BCUT2D eigenvalue weighted by Gasteiger charge is -2.23. The van der Waals surface area contributed by atoms with Gasteiger partial charge >= 0.3 is 0 Å². The number of allylic oxidation sites excluding steroid dienone is 1. The van der Waals surface area contributed by atoms with E-state index in [0.717, 1.165) is 25.8 Å². The zero-order valence-corrected chi connectivity index (χ0v) is 13.7. The molecule has 114 valence electrons. The van der Waals surface area contributed by atoms with E-state index in [1.165, 1.54) is 6.42 Å². The van der Waals surface area contributed by atoms with Crippen molar-refractivity contribution in [2.24, 2.45) is 23.5 Å². The molecule has 0 bridgehead atoms. The molecule has 0 fully saturated rings. The molecular formula is C17H35NO. The highest BCUT2D eigenvalue weighted by molar-refractivity contribution is 4.75. The highest BCUT2D eigenvalue weighted by atomic mass is 16.5. The molecule has 0 saturated heterocycles. The SMILES string of the molecule is C=CC(C)CCC(C)OC(C)CCC(CN)C(C)C. The fourth-order valence-corrected chi connectivity index (χ4v) is 2.32. The summed E-state index contributed by atoms with van der Waals surface area (Å²) in [6, 6.07) is 0. The Kier molecular flexibility index (Phi) is 10.3. The Morgan fingerprint density at radius 3 is 1.89 bits per heavy atom. The third-order valence-electron chi connectivity index (χ3n) is 4.09. The second-order valence-corrected chi connectivity index (χ2v) is 6.36. The zero-order chi connectivity index (χ0) is 14.8. The zero-order valence-electron chi connectivity index (χ0n) is 13.7. The fourth-order valence-electron chi connectivity index (χ4n) is 2.32. The van der Waals surface area contributed by atoms with E-state index >= 15 is 0 Å². The minimum Gasteiger partial charge on any atom is -0.376 e. The molecule has 0 aromatic carbocycles. The molecule has 0 aliphatic rings. The van der Waals surface area contributed by atoms with E-state index in [9.17, 15) is 0 Å². The average molecular weight is 269 g/mol. The van der Waals surface area contributed by atoms with E-state index in [1.54, 1.807) is 0 Å². The molecule has 19 heavy (non-hydrogen) atoms. The largest absolute Gasteiger partial charge is 0.376 e. The summed E-state index contributed by atoms with van der Waals surface area (Å²) in [6.45, 7) is 15.7. The topological polar surface area (TPSA) is 35.2 Å². The van der Waals surface area contributed by atoms with Gasteiger partial charge in [-0.15, -0.1) is 6.58 Å². The van der Waals surface area contributed by atoms with Gasteiger partial charge in [-0.1, -0.05) is 26.8 Å². The molecule has 0 radical (unpaired) electrons. The van der Waals surface area contributed by atoms with Gasteiger partial charge < -0.3 is 10.5 Å². The molecule has 0 saturated carbocycles. The normalized spacial score (nSPS) is 18.1. The van der Waals surface area contributed by atoms with Crippen molar-refractivity contribution in [1.29, 1.82) is 0 Å². The van der Waals surface area contributed by atoms with Crippen molar-refractivity contribution in [2.75, 3.05) is 6.54 Å². The van der Waals surface area contributed by atoms with E-state index in [2.05, 4.69) is 41.2 Å². The first-order valence-corrected chi connectivity index (χ1v) is 7.88. The highest BCUT2D eigenvalue weighted by Gasteiger charge is 2.15. The maximum absolute atomic E-state index is 6.04. The van der Waals surface area contributed by atoms with Gasteiger partial charge in [0.1, 0.15) is 0 Å². The summed E-state index contributed by atoms with van der Waals surface area (Å²) < 4.78 is 6.04. The molecule has 4 atom stereocenters. The Balaban J connectivity index is 3.83. The van der Waals surface area contributed by atoms with Gasteiger partial charge in [-0.3, -0.25) is 0 Å². The van der Waals surface area contributed by atoms with Crippen LogP contribution in [0.15, 0.2) is 12.7 Å². The molecule has 0 spiro atoms. The molecule has 0 aliphatic heterocycles. The molecule has 0 rings (SSSR count). The minimum absolute atomic E-state index is 0.335. The maximum Gasteiger partial charge on any atom is 0.0550 e. The molecule has 2 nitrogen and oxygen atoms in total. The molecular weight excluding hydrogens is 234 g/mol. The summed E-state index contributed by atoms with van der Waals surface area (Å²) in [4.78, 5) is 0. The monoisotopic (exact) mass is 269 g/mol. The van der Waals surface area contributed by atoms with Crippen molar-refractivity contribution >= 4 is 0 Å². The lowest BCUT2D eigenvalue weighted by molar-refractivity contribution is -0.00550. The molecule has 0 aliphatic carbocycles. The van der Waals surface area contributed by atoms with Crippen LogP contribution in [-0.2, 0) is 4.74 Å². The van der Waals surface area contributed by atoms with Crippen LogP contribution < -0.4 is 5.73 Å². The second-order valence-electron chi connectivity index (χ2n) is 6.36. The van der Waals surface area contributed by atoms with Crippen molar-refractivity contribution in [1.82, 2.24) is 0 Å². The van der Waals surface area contributed by atoms with E-state index in [1.807, 2.05) is 6.08 Å². The van der Waals surface area contributed by atoms with Crippen molar-refractivity contribution < 1.29 is 4.74 Å². The van der Waals surface area contributed by atoms with Crippen molar-refractivity contribution in [3.63, 3.8) is 0 Å². The third kappa shape index (κ3) is 9.23. The van der Waals surface area contributed by atoms with Gasteiger partial charge in [-0.2, -0.15) is 0 Å². The molecule has 0 heterocycles. The van der Waals surface area contributed by atoms with Crippen LogP contribution in [0.25, 0.3) is 0 Å². The van der Waals surface area contributed by atoms with Crippen LogP contribution in [0.4, 0.5) is 0 Å². The highest BCUT2D eigenvalue weighted by Crippen LogP contribution is 2.19. The van der Waals surface area contributed by atoms with Gasteiger partial charge in [0.05, 0.1) is 12.2 Å². The Bertz CT molecular complexity index is 227. The van der Waals surface area contributed by atoms with Crippen LogP contribution in [0.2, 0.25) is 0 Å². The van der Waals surface area contributed by atoms with Crippen LogP contribution in [0.5, 0.6) is 0 Å². The van der Waals surface area contributed by atoms with Crippen LogP contribution in [0, 0.1) is 17.8 Å². The minimum atomic E-state index is 0.335. The predicted molar refractivity (Wildman–Crippen MR) is 85.2 cm³/mol. The lowest BCUT2D eigenvalue weighted by atomic mass is 9.90. The number of nitrogens with two attached hydrogens (primary N) is 1. The maximum atomic E-state index is 6.04. The lowest BCUT2D eigenvalue weighted by Crippen LogP contribution is -2.23. The molecule has 0 amide bonds. The van der Waals surface area contributed by atoms with Crippen molar-refractivity contribution in [2.45, 2.75) is 72.5 Å². The van der Waals surface area contributed by atoms with E-state index in [0.29, 0.717) is 30.0 Å². The summed E-state index contributed by atoms with van der Waals surface area (Å²) in [5.41, 5.74) is 5.81. The fraction of sp³-hybridized carbons (Fsp3) is 0.882. The average Bonchev–Trinajstić information content (AvgIpc) is 2.36. The first-order chi connectivity index (χ1) is 8.90. The van der Waals surface area contributed by atoms with Crippen LogP contribution in [-0.4, -0.2) is 18.8 Å². The Hall–Kier alpha value is -0.340. The van der Waals surface area contributed by atoms with Crippen LogP contribution in [0.1, 0.15) is 60.3 Å². The van der Waals surface area contributed by atoms with Crippen LogP contribution >= 0.6 is 0 Å². The third-order valence-corrected chi connectivity index (χ3v) is 4.09. The molecule has 2 heteroatoms. The Labute approximate surface area is 120 Å². The Morgan fingerprint density at radius 1 is 0.947 bits per heavy atom. The number of rotatable bonds is 11. The first-order valence-electron chi connectivity index (χ1n) is 7.88. The summed E-state index contributed by atoms with van der Waals surface area (Å²) in [5.74, 6) is 1.88. The molecule has 0 aromatic heterocycles. The smallest absolute Gasteiger partial charge is 0.0550 e. The van der Waals surface area contributed by atoms with Crippen molar-refractivity contribution in [3.05, 3.63) is 12.7 Å². The Morgan fingerprint density at radius 2 is 1.47 bits per heavy atom. The first kappa shape index (κ1) is 18.7. The van der Waals surface area contributed by atoms with E-state index < -0.39 is 0 Å². The number of hydrogen-bond donors (Lipinski definition) is 1. The van der Waals surface area contributed by atoms with E-state index in [4.69, 9.17) is 10.5 Å². The van der Waals surface area contributed by atoms with Gasteiger partial charge in [-0.05, 0) is 63.8 Å². The number of ether oxygens (including phenoxy) is 1. The summed E-state index contributed by atoms with van der Waals surface area (Å²) in [6.07, 6.45) is 7.25. The van der Waals surface area contributed by atoms with Gasteiger partial charge in [0.15, 0.2) is 0 Å². The summed E-state index contributed by atoms with van der Waals surface area (Å²) >= 11 is 0.